The fourth-order valence-electron chi connectivity index (χ4n) is 1.80. The van der Waals surface area contributed by atoms with E-state index in [4.69, 9.17) is 22.5 Å². The Bertz CT molecular complexity index is 643. The number of benzene rings is 2. The number of oxime groups is 1. The molecule has 0 bridgehead atoms. The van der Waals surface area contributed by atoms with Crippen molar-refractivity contribution in [2.45, 2.75) is 0 Å². The fourth-order valence-corrected chi connectivity index (χ4v) is 2.11. The van der Waals surface area contributed by atoms with Gasteiger partial charge in [-0.15, -0.1) is 0 Å². The molecule has 0 aliphatic carbocycles. The largest absolute Gasteiger partial charge is 0.409 e. The van der Waals surface area contributed by atoms with Crippen LogP contribution >= 0.6 is 11.6 Å². The van der Waals surface area contributed by atoms with Gasteiger partial charge in [-0.1, -0.05) is 16.8 Å². The normalized spacial score (nSPS) is 11.4. The van der Waals surface area contributed by atoms with Crippen molar-refractivity contribution in [3.05, 3.63) is 58.9 Å². The summed E-state index contributed by atoms with van der Waals surface area (Å²) in [4.78, 5) is 1.82. The average molecular weight is 294 g/mol. The topological polar surface area (TPSA) is 61.8 Å². The first-order chi connectivity index (χ1) is 9.52. The molecule has 0 aliphatic rings. The molecule has 0 saturated heterocycles. The summed E-state index contributed by atoms with van der Waals surface area (Å²) in [6.07, 6.45) is 0. The van der Waals surface area contributed by atoms with Crippen LogP contribution in [0.4, 0.5) is 15.8 Å². The summed E-state index contributed by atoms with van der Waals surface area (Å²) in [5.41, 5.74) is 7.55. The summed E-state index contributed by atoms with van der Waals surface area (Å²) in [5, 5.41) is 12.0. The highest BCUT2D eigenvalue weighted by Crippen LogP contribution is 2.31. The monoisotopic (exact) mass is 293 g/mol. The molecule has 6 heteroatoms. The standard InChI is InChI=1S/C14H13ClFN3O/c1-19(11-5-3-10(16)4-6-11)13-7-2-9(8-12(13)15)14(17)18-20/h2-8,20H,1H3,(H2,17,18). The molecule has 0 atom stereocenters. The van der Waals surface area contributed by atoms with Gasteiger partial charge in [0.2, 0.25) is 0 Å². The minimum absolute atomic E-state index is 0.0112. The molecule has 0 aliphatic heterocycles. The molecule has 2 aromatic carbocycles. The number of nitrogens with two attached hydrogens (primary N) is 1. The SMILES string of the molecule is CN(c1ccc(F)cc1)c1ccc(C(N)=NO)cc1Cl. The van der Waals surface area contributed by atoms with Crippen LogP contribution < -0.4 is 10.6 Å². The first kappa shape index (κ1) is 14.1. The van der Waals surface area contributed by atoms with Crippen molar-refractivity contribution in [1.29, 1.82) is 0 Å². The quantitative estimate of drug-likeness (QED) is 0.395. The number of hydrogen-bond acceptors (Lipinski definition) is 3. The summed E-state index contributed by atoms with van der Waals surface area (Å²) >= 11 is 6.20. The summed E-state index contributed by atoms with van der Waals surface area (Å²) in [7, 11) is 1.82. The van der Waals surface area contributed by atoms with E-state index in [0.717, 1.165) is 11.4 Å². The molecular weight excluding hydrogens is 281 g/mol. The Morgan fingerprint density at radius 2 is 1.90 bits per heavy atom. The lowest BCUT2D eigenvalue weighted by atomic mass is 10.1. The Kier molecular flexibility index (Phi) is 4.10. The lowest BCUT2D eigenvalue weighted by Crippen LogP contribution is -2.14. The summed E-state index contributed by atoms with van der Waals surface area (Å²) in [5.74, 6) is -0.307. The van der Waals surface area contributed by atoms with Crippen molar-refractivity contribution >= 4 is 28.8 Å². The number of hydrogen-bond donors (Lipinski definition) is 2. The molecule has 0 fully saturated rings. The lowest BCUT2D eigenvalue weighted by Gasteiger charge is -2.21. The number of anilines is 2. The Labute approximate surface area is 120 Å². The van der Waals surface area contributed by atoms with Crippen molar-refractivity contribution in [2.75, 3.05) is 11.9 Å². The van der Waals surface area contributed by atoms with Gasteiger partial charge in [0.15, 0.2) is 5.84 Å². The highest BCUT2D eigenvalue weighted by molar-refractivity contribution is 6.33. The van der Waals surface area contributed by atoms with E-state index >= 15 is 0 Å². The Hall–Kier alpha value is -2.27. The van der Waals surface area contributed by atoms with E-state index in [0.29, 0.717) is 10.6 Å². The molecule has 2 rings (SSSR count). The molecule has 0 aromatic heterocycles. The fraction of sp³-hybridized carbons (Fsp3) is 0.0714. The van der Waals surface area contributed by atoms with E-state index in [2.05, 4.69) is 5.16 Å². The Balaban J connectivity index is 2.35. The van der Waals surface area contributed by atoms with Gasteiger partial charge in [0.05, 0.1) is 10.7 Å². The third-order valence-electron chi connectivity index (χ3n) is 2.93. The lowest BCUT2D eigenvalue weighted by molar-refractivity contribution is 0.318. The zero-order valence-corrected chi connectivity index (χ0v) is 11.5. The van der Waals surface area contributed by atoms with Crippen LogP contribution in [0.5, 0.6) is 0 Å². The van der Waals surface area contributed by atoms with E-state index in [-0.39, 0.29) is 11.7 Å². The molecule has 20 heavy (non-hydrogen) atoms. The molecule has 0 heterocycles. The number of amidine groups is 1. The van der Waals surface area contributed by atoms with Gasteiger partial charge >= 0.3 is 0 Å². The van der Waals surface area contributed by atoms with Crippen LogP contribution in [0.3, 0.4) is 0 Å². The van der Waals surface area contributed by atoms with Gasteiger partial charge in [-0.2, -0.15) is 0 Å². The number of rotatable bonds is 3. The third kappa shape index (κ3) is 2.83. The van der Waals surface area contributed by atoms with E-state index in [1.807, 2.05) is 11.9 Å². The molecule has 0 amide bonds. The minimum Gasteiger partial charge on any atom is -0.409 e. The van der Waals surface area contributed by atoms with Crippen molar-refractivity contribution in [3.63, 3.8) is 0 Å². The maximum absolute atomic E-state index is 12.9. The van der Waals surface area contributed by atoms with E-state index in [1.54, 1.807) is 30.3 Å². The first-order valence-corrected chi connectivity index (χ1v) is 6.17. The highest BCUT2D eigenvalue weighted by Gasteiger charge is 2.10. The summed E-state index contributed by atoms with van der Waals surface area (Å²) in [6.45, 7) is 0. The first-order valence-electron chi connectivity index (χ1n) is 5.79. The second kappa shape index (κ2) is 5.79. The van der Waals surface area contributed by atoms with Crippen LogP contribution in [-0.2, 0) is 0 Å². The van der Waals surface area contributed by atoms with Gasteiger partial charge in [-0.3, -0.25) is 0 Å². The van der Waals surface area contributed by atoms with Crippen LogP contribution in [0.15, 0.2) is 47.6 Å². The minimum atomic E-state index is -0.296. The molecule has 0 unspecified atom stereocenters. The van der Waals surface area contributed by atoms with Crippen LogP contribution in [0, 0.1) is 5.82 Å². The maximum Gasteiger partial charge on any atom is 0.170 e. The van der Waals surface area contributed by atoms with Gasteiger partial charge in [0.25, 0.3) is 0 Å². The van der Waals surface area contributed by atoms with Crippen LogP contribution in [0.2, 0.25) is 5.02 Å². The van der Waals surface area contributed by atoms with Crippen molar-refractivity contribution in [3.8, 4) is 0 Å². The zero-order chi connectivity index (χ0) is 14.7. The predicted molar refractivity (Wildman–Crippen MR) is 78.4 cm³/mol. The molecular formula is C14H13ClFN3O. The Morgan fingerprint density at radius 3 is 2.45 bits per heavy atom. The highest BCUT2D eigenvalue weighted by atomic mass is 35.5. The second-order valence-electron chi connectivity index (χ2n) is 4.19. The molecule has 0 spiro atoms. The second-order valence-corrected chi connectivity index (χ2v) is 4.59. The zero-order valence-electron chi connectivity index (χ0n) is 10.7. The number of halogens is 2. The van der Waals surface area contributed by atoms with Gasteiger partial charge in [0.1, 0.15) is 5.82 Å². The van der Waals surface area contributed by atoms with Crippen molar-refractivity contribution in [2.24, 2.45) is 10.9 Å². The van der Waals surface area contributed by atoms with E-state index < -0.39 is 0 Å². The van der Waals surface area contributed by atoms with Crippen molar-refractivity contribution < 1.29 is 9.60 Å². The number of nitrogens with zero attached hydrogens (tertiary/aromatic N) is 2. The maximum atomic E-state index is 12.9. The van der Waals surface area contributed by atoms with Crippen LogP contribution in [-0.4, -0.2) is 18.1 Å². The summed E-state index contributed by atoms with van der Waals surface area (Å²) in [6, 6.07) is 11.1. The van der Waals surface area contributed by atoms with E-state index in [9.17, 15) is 4.39 Å². The molecule has 104 valence electrons. The van der Waals surface area contributed by atoms with E-state index in [1.165, 1.54) is 12.1 Å². The molecule has 4 nitrogen and oxygen atoms in total. The van der Waals surface area contributed by atoms with Crippen LogP contribution in [0.1, 0.15) is 5.56 Å². The predicted octanol–water partition coefficient (Wildman–Crippen LogP) is 3.34. The van der Waals surface area contributed by atoms with Gasteiger partial charge in [0, 0.05) is 18.3 Å². The van der Waals surface area contributed by atoms with Crippen LogP contribution in [0.25, 0.3) is 0 Å². The smallest absolute Gasteiger partial charge is 0.170 e. The molecule has 0 saturated carbocycles. The average Bonchev–Trinajstić information content (AvgIpc) is 2.46. The molecule has 2 aromatic rings. The van der Waals surface area contributed by atoms with Gasteiger partial charge < -0.3 is 15.8 Å². The molecule has 0 radical (unpaired) electrons. The Morgan fingerprint density at radius 1 is 1.25 bits per heavy atom. The van der Waals surface area contributed by atoms with Gasteiger partial charge in [-0.05, 0) is 42.5 Å². The van der Waals surface area contributed by atoms with Crippen molar-refractivity contribution in [1.82, 2.24) is 0 Å². The summed E-state index contributed by atoms with van der Waals surface area (Å²) < 4.78 is 12.9. The van der Waals surface area contributed by atoms with Gasteiger partial charge in [-0.25, -0.2) is 4.39 Å². The molecule has 3 N–H and O–H groups in total. The third-order valence-corrected chi connectivity index (χ3v) is 3.23.